The first-order valence-electron chi connectivity index (χ1n) is 18.7. The van der Waals surface area contributed by atoms with Gasteiger partial charge in [-0.25, -0.2) is 18.4 Å². The van der Waals surface area contributed by atoms with Crippen LogP contribution in [-0.4, -0.2) is 98.7 Å². The zero-order valence-electron chi connectivity index (χ0n) is 33.4. The van der Waals surface area contributed by atoms with Crippen molar-refractivity contribution in [3.8, 4) is 11.1 Å². The van der Waals surface area contributed by atoms with E-state index in [9.17, 15) is 41.8 Å². The van der Waals surface area contributed by atoms with Crippen molar-refractivity contribution in [3.05, 3.63) is 83.7 Å². The molecule has 1 heterocycles. The van der Waals surface area contributed by atoms with Crippen LogP contribution < -0.4 is 22.1 Å². The lowest BCUT2D eigenvalue weighted by atomic mass is 9.83. The van der Waals surface area contributed by atoms with E-state index in [1.807, 2.05) is 55.7 Å². The fourth-order valence-electron chi connectivity index (χ4n) is 6.07. The average molecular weight is 857 g/mol. The van der Waals surface area contributed by atoms with Crippen LogP contribution in [0.1, 0.15) is 70.7 Å². The number of benzene rings is 2. The molecule has 326 valence electrons. The smallest absolute Gasteiger partial charge is 0.480 e. The third-order valence-electron chi connectivity index (χ3n) is 8.71. The molecule has 13 nitrogen and oxygen atoms in total. The molecule has 3 amide bonds. The zero-order chi connectivity index (χ0) is 44.5. The molecule has 0 saturated carbocycles. The highest BCUT2D eigenvalue weighted by Crippen LogP contribution is 2.41. The van der Waals surface area contributed by atoms with Gasteiger partial charge in [-0.1, -0.05) is 51.1 Å². The Morgan fingerprint density at radius 2 is 1.51 bits per heavy atom. The molecule has 8 N–H and O–H groups in total. The number of nitrogens with two attached hydrogens (primary N) is 2. The number of thioether (sulfide) groups is 1. The molecule has 0 saturated heterocycles. The van der Waals surface area contributed by atoms with E-state index in [0.29, 0.717) is 56.6 Å². The number of carbonyl (C=O) groups excluding carboxylic acids is 3. The number of alkyl halides is 3. The lowest BCUT2D eigenvalue weighted by molar-refractivity contribution is -0.192. The van der Waals surface area contributed by atoms with Crippen molar-refractivity contribution < 1.29 is 56.1 Å². The van der Waals surface area contributed by atoms with Crippen LogP contribution in [-0.2, 0) is 30.5 Å². The Morgan fingerprint density at radius 1 is 0.881 bits per heavy atom. The molecule has 0 unspecified atom stereocenters. The predicted octanol–water partition coefficient (Wildman–Crippen LogP) is 5.32. The quantitative estimate of drug-likeness (QED) is 0.0637. The number of unbranched alkanes of at least 4 members (excludes halogenated alkanes) is 1. The molecule has 2 aromatic carbocycles. The number of hydrogen-bond acceptors (Lipinski definition) is 8. The van der Waals surface area contributed by atoms with Gasteiger partial charge in [0.1, 0.15) is 23.7 Å². The Kier molecular flexibility index (Phi) is 20.0. The van der Waals surface area contributed by atoms with Crippen molar-refractivity contribution in [2.75, 3.05) is 31.1 Å². The van der Waals surface area contributed by atoms with E-state index < -0.39 is 65.1 Å². The Bertz CT molecular complexity index is 1860. The van der Waals surface area contributed by atoms with Crippen molar-refractivity contribution in [2.24, 2.45) is 16.9 Å². The molecular formula is C40H53F5N6O7S. The van der Waals surface area contributed by atoms with Gasteiger partial charge in [0.15, 0.2) is 0 Å². The number of amides is 3. The summed E-state index contributed by atoms with van der Waals surface area (Å²) >= 11 is 1.06. The van der Waals surface area contributed by atoms with Gasteiger partial charge in [0.25, 0.3) is 0 Å². The average Bonchev–Trinajstić information content (AvgIpc) is 3.54. The maximum atomic E-state index is 15.1. The van der Waals surface area contributed by atoms with Gasteiger partial charge in [0.05, 0.1) is 11.8 Å². The minimum atomic E-state index is -5.08. The number of carboxylic acid groups (broad SMARTS) is 2. The second-order valence-electron chi connectivity index (χ2n) is 14.6. The SMILES string of the molecule is CC(=O)N[C@@H](CCCCN)C(=O)N[C@@H](CSCC(=O)N(CCCN)[C@@H](c1cc(-c2cc(F)ccc2F)cn1Cc1ccccc1)C(C)(C)C)C(=O)O.O=C(O)C(F)(F)F. The van der Waals surface area contributed by atoms with Gasteiger partial charge in [-0.2, -0.15) is 13.2 Å². The van der Waals surface area contributed by atoms with E-state index in [4.69, 9.17) is 21.4 Å². The van der Waals surface area contributed by atoms with Crippen molar-refractivity contribution in [3.63, 3.8) is 0 Å². The van der Waals surface area contributed by atoms with E-state index >= 15 is 4.39 Å². The number of carbonyl (C=O) groups is 5. The molecule has 19 heteroatoms. The second-order valence-corrected chi connectivity index (χ2v) is 15.7. The van der Waals surface area contributed by atoms with Crippen LogP contribution in [0.2, 0.25) is 0 Å². The van der Waals surface area contributed by atoms with Crippen LogP contribution in [0.15, 0.2) is 60.8 Å². The van der Waals surface area contributed by atoms with Gasteiger partial charge in [-0.3, -0.25) is 14.4 Å². The Hall–Kier alpha value is -5.01. The number of nitrogens with one attached hydrogen (secondary N) is 2. The summed E-state index contributed by atoms with van der Waals surface area (Å²) < 4.78 is 63.1. The summed E-state index contributed by atoms with van der Waals surface area (Å²) in [5.41, 5.74) is 13.1. The van der Waals surface area contributed by atoms with E-state index in [-0.39, 0.29) is 29.5 Å². The number of nitrogens with zero attached hydrogens (tertiary/aromatic N) is 2. The van der Waals surface area contributed by atoms with Gasteiger partial charge < -0.3 is 41.8 Å². The summed E-state index contributed by atoms with van der Waals surface area (Å²) in [6.45, 7) is 8.67. The zero-order valence-corrected chi connectivity index (χ0v) is 34.2. The number of hydrogen-bond donors (Lipinski definition) is 6. The van der Waals surface area contributed by atoms with E-state index in [0.717, 1.165) is 35.5 Å². The fraction of sp³-hybridized carbons (Fsp3) is 0.475. The number of aliphatic carboxylic acids is 2. The third kappa shape index (κ3) is 16.6. The van der Waals surface area contributed by atoms with Crippen molar-refractivity contribution in [1.29, 1.82) is 0 Å². The summed E-state index contributed by atoms with van der Waals surface area (Å²) in [4.78, 5) is 61.7. The molecule has 0 aliphatic heterocycles. The van der Waals surface area contributed by atoms with Gasteiger partial charge in [-0.05, 0) is 74.0 Å². The third-order valence-corrected chi connectivity index (χ3v) is 9.73. The highest BCUT2D eigenvalue weighted by molar-refractivity contribution is 8.00. The van der Waals surface area contributed by atoms with Crippen LogP contribution in [0, 0.1) is 17.0 Å². The molecule has 0 aliphatic rings. The van der Waals surface area contributed by atoms with E-state index in [2.05, 4.69) is 10.6 Å². The molecule has 3 aromatic rings. The second kappa shape index (κ2) is 23.5. The van der Waals surface area contributed by atoms with Crippen molar-refractivity contribution in [1.82, 2.24) is 20.1 Å². The Labute approximate surface area is 344 Å². The van der Waals surface area contributed by atoms with Gasteiger partial charge in [0.2, 0.25) is 17.7 Å². The standard InChI is InChI=1S/C38H52F2N6O5S.C2HF3O2/c1-25(47)43-31(13-8-9-16-41)36(49)44-32(37(50)51)23-52-24-34(48)46(18-10-17-42)35(38(2,3)4)33-19-27(29-20-28(39)14-15-30(29)40)22-45(33)21-26-11-6-5-7-12-26;3-2(4,5)1(6)7/h5-7,11-12,14-15,19-20,22,31-32,35H,8-10,13,16-18,21,23-24,41-42H2,1-4H3,(H,43,47)(H,44,49)(H,50,51);(H,6,7)/t31-,32-,35-;/m0./s1. The van der Waals surface area contributed by atoms with E-state index in [1.165, 1.54) is 6.92 Å². The molecule has 0 aliphatic carbocycles. The van der Waals surface area contributed by atoms with Crippen LogP contribution in [0.5, 0.6) is 0 Å². The molecule has 3 rings (SSSR count). The Balaban J connectivity index is 0.00000157. The molecule has 0 radical (unpaired) electrons. The van der Waals surface area contributed by atoms with E-state index in [1.54, 1.807) is 17.2 Å². The molecule has 59 heavy (non-hydrogen) atoms. The fourth-order valence-corrected chi connectivity index (χ4v) is 6.99. The summed E-state index contributed by atoms with van der Waals surface area (Å²) in [5.74, 6) is -6.74. The summed E-state index contributed by atoms with van der Waals surface area (Å²) in [5, 5.41) is 22.1. The number of carboxylic acids is 2. The van der Waals surface area contributed by atoms with Crippen LogP contribution in [0.25, 0.3) is 11.1 Å². The summed E-state index contributed by atoms with van der Waals surface area (Å²) in [7, 11) is 0. The van der Waals surface area contributed by atoms with Gasteiger partial charge in [-0.15, -0.1) is 11.8 Å². The van der Waals surface area contributed by atoms with Crippen LogP contribution >= 0.6 is 11.8 Å². The maximum absolute atomic E-state index is 15.1. The van der Waals surface area contributed by atoms with Crippen LogP contribution in [0.3, 0.4) is 0 Å². The highest BCUT2D eigenvalue weighted by atomic mass is 32.2. The largest absolute Gasteiger partial charge is 0.490 e. The molecule has 0 bridgehead atoms. The summed E-state index contributed by atoms with van der Waals surface area (Å²) in [6, 6.07) is 12.0. The first-order valence-corrected chi connectivity index (χ1v) is 19.8. The first kappa shape index (κ1) is 50.1. The molecule has 0 spiro atoms. The monoisotopic (exact) mass is 856 g/mol. The molecular weight excluding hydrogens is 804 g/mol. The maximum Gasteiger partial charge on any atom is 0.490 e. The van der Waals surface area contributed by atoms with Gasteiger partial charge >= 0.3 is 18.1 Å². The highest BCUT2D eigenvalue weighted by Gasteiger charge is 2.39. The normalized spacial score (nSPS) is 13.0. The Morgan fingerprint density at radius 3 is 2.05 bits per heavy atom. The number of aromatic nitrogens is 1. The van der Waals surface area contributed by atoms with Crippen LogP contribution in [0.4, 0.5) is 22.0 Å². The number of halogens is 5. The topological polar surface area (TPSA) is 210 Å². The van der Waals surface area contributed by atoms with Gasteiger partial charge in [0, 0.05) is 48.8 Å². The minimum Gasteiger partial charge on any atom is -0.480 e. The lowest BCUT2D eigenvalue weighted by Gasteiger charge is -2.41. The molecule has 0 fully saturated rings. The number of rotatable bonds is 20. The minimum absolute atomic E-state index is 0.0954. The predicted molar refractivity (Wildman–Crippen MR) is 214 cm³/mol. The summed E-state index contributed by atoms with van der Waals surface area (Å²) in [6.07, 6.45) is -1.33. The molecule has 1 aromatic heterocycles. The molecule has 3 atom stereocenters. The first-order chi connectivity index (χ1) is 27.6. The van der Waals surface area contributed by atoms with Crippen molar-refractivity contribution >= 4 is 41.4 Å². The lowest BCUT2D eigenvalue weighted by Crippen LogP contribution is -2.52. The van der Waals surface area contributed by atoms with Crippen molar-refractivity contribution in [2.45, 2.75) is 84.2 Å².